The van der Waals surface area contributed by atoms with Crippen molar-refractivity contribution in [3.63, 3.8) is 0 Å². The molecule has 0 aromatic heterocycles. The molecule has 522 valence electrons. The summed E-state index contributed by atoms with van der Waals surface area (Å²) in [6.07, 6.45) is -16.1. The van der Waals surface area contributed by atoms with Crippen LogP contribution < -0.4 is 0 Å². The van der Waals surface area contributed by atoms with E-state index in [9.17, 15) is 62.3 Å². The second-order valence-corrected chi connectivity index (χ2v) is 22.5. The highest BCUT2D eigenvalue weighted by molar-refractivity contribution is 5.91. The van der Waals surface area contributed by atoms with Crippen molar-refractivity contribution in [2.24, 2.45) is 35.5 Å². The summed E-state index contributed by atoms with van der Waals surface area (Å²) in [5.41, 5.74) is -0.117. The molecule has 1 saturated carbocycles. The minimum absolute atomic E-state index is 0.0836. The zero-order valence-corrected chi connectivity index (χ0v) is 54.8. The van der Waals surface area contributed by atoms with E-state index in [0.29, 0.717) is 0 Å². The molecule has 19 atom stereocenters. The average molecular weight is 1340 g/mol. The predicted molar refractivity (Wildman–Crippen MR) is 307 cm³/mol. The van der Waals surface area contributed by atoms with Crippen LogP contribution in [-0.2, 0) is 152 Å². The third kappa shape index (κ3) is 20.8. The molecule has 0 spiro atoms. The molecule has 0 amide bonds. The highest BCUT2D eigenvalue weighted by atomic mass is 16.8. The van der Waals surface area contributed by atoms with Gasteiger partial charge in [0.25, 0.3) is 0 Å². The molecule has 4 aliphatic heterocycles. The van der Waals surface area contributed by atoms with Crippen molar-refractivity contribution in [2.45, 2.75) is 189 Å². The molecule has 0 N–H and O–H groups in total. The molecule has 32 nitrogen and oxygen atoms in total. The van der Waals surface area contributed by atoms with Gasteiger partial charge in [-0.05, 0) is 38.0 Å². The third-order valence-electron chi connectivity index (χ3n) is 15.7. The Labute approximate surface area is 540 Å². The highest BCUT2D eigenvalue weighted by Crippen LogP contribution is 2.45. The summed E-state index contributed by atoms with van der Waals surface area (Å²) in [6.45, 7) is 14.7. The van der Waals surface area contributed by atoms with Crippen molar-refractivity contribution >= 4 is 77.6 Å². The van der Waals surface area contributed by atoms with Crippen LogP contribution in [0.3, 0.4) is 0 Å². The van der Waals surface area contributed by atoms with Crippen LogP contribution in [0.2, 0.25) is 0 Å². The number of carbonyl (C=O) groups is 13. The largest absolute Gasteiger partial charge is 0.468 e. The quantitative estimate of drug-likeness (QED) is 0.0682. The maximum atomic E-state index is 14.5. The van der Waals surface area contributed by atoms with E-state index < -0.39 is 219 Å². The fourth-order valence-corrected chi connectivity index (χ4v) is 11.7. The van der Waals surface area contributed by atoms with Crippen molar-refractivity contribution in [1.82, 2.24) is 0 Å². The fourth-order valence-electron chi connectivity index (χ4n) is 11.7. The Kier molecular flexibility index (Phi) is 28.5. The van der Waals surface area contributed by atoms with Crippen LogP contribution in [0, 0.1) is 35.5 Å². The number of esters is 13. The first-order valence-corrected chi connectivity index (χ1v) is 29.9. The third-order valence-corrected chi connectivity index (χ3v) is 15.7. The van der Waals surface area contributed by atoms with Crippen molar-refractivity contribution < 1.29 is 152 Å². The number of hydrogen-bond donors (Lipinski definition) is 0. The zero-order chi connectivity index (χ0) is 70.0. The number of rotatable bonds is 26. The summed E-state index contributed by atoms with van der Waals surface area (Å²) in [5, 5.41) is 0. The Morgan fingerprint density at radius 2 is 0.851 bits per heavy atom. The van der Waals surface area contributed by atoms with E-state index >= 15 is 0 Å². The second-order valence-electron chi connectivity index (χ2n) is 22.5. The summed E-state index contributed by atoms with van der Waals surface area (Å²) in [5.74, 6) is -15.6. The first-order valence-electron chi connectivity index (χ1n) is 29.9. The van der Waals surface area contributed by atoms with Crippen LogP contribution in [-0.4, -0.2) is 198 Å². The van der Waals surface area contributed by atoms with Gasteiger partial charge in [-0.2, -0.15) is 0 Å². The minimum Gasteiger partial charge on any atom is -0.468 e. The van der Waals surface area contributed by atoms with Crippen LogP contribution in [0.5, 0.6) is 0 Å². The lowest BCUT2D eigenvalue weighted by Crippen LogP contribution is -2.63. The SMILES string of the molecule is C/C=C1/[C@H](O[C@@H]2O[C@H](COC(C)=O)[C@@H](OC(C)=O)[C@H](OC(C)=O)[C@H]2OC(C)=O)OC=C(C(=O)OC)[C@H]1CC(=O)OC[C@@H]1[C@@H](C)[C@@H](OC(=O)C[C@@H]2C(C(=O)OC)=CO[C@@H](O[C@@H]3O[C@H](COC(C)=O)[C@@H](OC(C)=O)[C@H](OC(C)=O)[C@H]3OC(C)=O)/C2=C/C)C[C@H]1[C@@H](C)COC(C)=O. The number of carbonyl (C=O) groups excluding carboxylic acids is 13. The van der Waals surface area contributed by atoms with Gasteiger partial charge in [-0.3, -0.25) is 52.7 Å². The van der Waals surface area contributed by atoms with Crippen molar-refractivity contribution in [2.75, 3.05) is 40.6 Å². The Morgan fingerprint density at radius 1 is 0.479 bits per heavy atom. The van der Waals surface area contributed by atoms with Gasteiger partial charge in [0.1, 0.15) is 31.5 Å². The van der Waals surface area contributed by atoms with E-state index in [4.69, 9.17) is 90.0 Å². The topological polar surface area (TPSA) is 397 Å². The summed E-state index contributed by atoms with van der Waals surface area (Å²) in [6, 6.07) is 0. The van der Waals surface area contributed by atoms with Crippen molar-refractivity contribution in [3.05, 3.63) is 47.0 Å². The van der Waals surface area contributed by atoms with E-state index in [2.05, 4.69) is 0 Å². The molecular weight excluding hydrogens is 1260 g/mol. The first kappa shape index (κ1) is 76.2. The fraction of sp³-hybridized carbons (Fsp3) is 0.661. The van der Waals surface area contributed by atoms with Crippen LogP contribution in [0.25, 0.3) is 0 Å². The van der Waals surface area contributed by atoms with Crippen LogP contribution in [0.4, 0.5) is 0 Å². The molecule has 32 heteroatoms. The molecule has 1 aliphatic carbocycles. The van der Waals surface area contributed by atoms with Gasteiger partial charge >= 0.3 is 77.6 Å². The molecular formula is C62H82O32. The average Bonchev–Trinajstić information content (AvgIpc) is 1.15. The van der Waals surface area contributed by atoms with E-state index in [-0.39, 0.29) is 41.9 Å². The van der Waals surface area contributed by atoms with E-state index in [1.165, 1.54) is 32.9 Å². The molecule has 5 aliphatic rings. The highest BCUT2D eigenvalue weighted by Gasteiger charge is 2.57. The number of allylic oxidation sites excluding steroid dienone is 2. The van der Waals surface area contributed by atoms with Gasteiger partial charge in [0.05, 0.1) is 63.9 Å². The Balaban J connectivity index is 1.40. The van der Waals surface area contributed by atoms with Gasteiger partial charge in [0, 0.05) is 91.2 Å². The van der Waals surface area contributed by atoms with Crippen LogP contribution in [0.1, 0.15) is 109 Å². The Bertz CT molecular complexity index is 2940. The smallest absolute Gasteiger partial charge is 0.337 e. The standard InChI is InChI=1S/C62H82O32/c1-16-38-41(44(57(74)76-14)23-82-59(38)93-61-55(88-36(12)70)53(86-34(10)68)51(84-32(8)66)47(91-61)25-79-30(6)64)19-49(72)81-22-43-28(4)46(18-40(43)27(3)21-78-29(5)63)90-50(73)20-42-39(17-2)60(83-24-45(42)58(75)77-15)94-62-56(89-37(13)71)54(87-35(11)69)52(85-33(9)67)48(92-62)26-80-31(7)65/h16-17,23-24,27-28,40-43,46-48,51-56,59-62H,18-22,25-26H2,1-15H3/b38-16+,39-17+/t27-,28+,40-,41-,42-,43+,46-,47+,48+,51+,52+,53-,54-,55+,56+,59-,60-,61-,62-/m0/s1. The van der Waals surface area contributed by atoms with E-state index in [1.807, 2.05) is 0 Å². The molecule has 2 saturated heterocycles. The summed E-state index contributed by atoms with van der Waals surface area (Å²) in [7, 11) is 2.19. The normalized spacial score (nSPS) is 30.7. The molecule has 0 bridgehead atoms. The van der Waals surface area contributed by atoms with Gasteiger partial charge in [-0.25, -0.2) is 9.59 Å². The molecule has 0 unspecified atom stereocenters. The monoisotopic (exact) mass is 1340 g/mol. The van der Waals surface area contributed by atoms with Gasteiger partial charge in [0.2, 0.25) is 25.2 Å². The van der Waals surface area contributed by atoms with Crippen molar-refractivity contribution in [3.8, 4) is 0 Å². The van der Waals surface area contributed by atoms with Crippen molar-refractivity contribution in [1.29, 1.82) is 0 Å². The predicted octanol–water partition coefficient (Wildman–Crippen LogP) is 2.84. The molecule has 4 heterocycles. The maximum Gasteiger partial charge on any atom is 0.337 e. The van der Waals surface area contributed by atoms with E-state index in [0.717, 1.165) is 82.1 Å². The second kappa shape index (κ2) is 35.1. The summed E-state index contributed by atoms with van der Waals surface area (Å²) < 4.78 is 108. The molecule has 94 heavy (non-hydrogen) atoms. The Hall–Kier alpha value is -8.49. The molecule has 0 aromatic rings. The Morgan fingerprint density at radius 3 is 1.21 bits per heavy atom. The van der Waals surface area contributed by atoms with Crippen LogP contribution in [0.15, 0.2) is 47.0 Å². The first-order chi connectivity index (χ1) is 44.3. The summed E-state index contributed by atoms with van der Waals surface area (Å²) >= 11 is 0. The summed E-state index contributed by atoms with van der Waals surface area (Å²) in [4.78, 5) is 167. The molecule has 0 aromatic carbocycles. The van der Waals surface area contributed by atoms with Crippen LogP contribution >= 0.6 is 0 Å². The number of hydrogen-bond acceptors (Lipinski definition) is 32. The van der Waals surface area contributed by atoms with Gasteiger partial charge in [-0.15, -0.1) is 0 Å². The lowest BCUT2D eigenvalue weighted by atomic mass is 9.83. The molecule has 5 rings (SSSR count). The number of methoxy groups -OCH3 is 2. The zero-order valence-electron chi connectivity index (χ0n) is 54.8. The minimum atomic E-state index is -1.76. The van der Waals surface area contributed by atoms with Gasteiger partial charge in [-0.1, -0.05) is 26.0 Å². The molecule has 3 fully saturated rings. The maximum absolute atomic E-state index is 14.5. The number of ether oxygens (including phenoxy) is 19. The van der Waals surface area contributed by atoms with E-state index in [1.54, 1.807) is 13.8 Å². The lowest BCUT2D eigenvalue weighted by Gasteiger charge is -2.45. The van der Waals surface area contributed by atoms with Gasteiger partial charge < -0.3 is 90.0 Å². The van der Waals surface area contributed by atoms with Gasteiger partial charge in [0.15, 0.2) is 36.6 Å². The molecule has 0 radical (unpaired) electrons. The lowest BCUT2D eigenvalue weighted by molar-refractivity contribution is -0.331.